The van der Waals surface area contributed by atoms with Gasteiger partial charge in [-0.05, 0) is 25.0 Å². The van der Waals surface area contributed by atoms with Crippen molar-refractivity contribution in [1.29, 1.82) is 0 Å². The molecule has 1 atom stereocenters. The highest BCUT2D eigenvalue weighted by Gasteiger charge is 2.12. The second kappa shape index (κ2) is 6.63. The largest absolute Gasteiger partial charge is 0.481 e. The summed E-state index contributed by atoms with van der Waals surface area (Å²) in [4.78, 5) is 15.3. The summed E-state index contributed by atoms with van der Waals surface area (Å²) in [6.45, 7) is 5.19. The molecule has 106 valence electrons. The van der Waals surface area contributed by atoms with Gasteiger partial charge in [0.05, 0.1) is 5.92 Å². The van der Waals surface area contributed by atoms with Gasteiger partial charge in [0.15, 0.2) is 0 Å². The van der Waals surface area contributed by atoms with Crippen molar-refractivity contribution in [3.8, 4) is 0 Å². The van der Waals surface area contributed by atoms with Crippen LogP contribution in [0.1, 0.15) is 34.7 Å². The fraction of sp³-hybridized carbons (Fsp3) is 0.333. The number of carboxylic acid groups (broad SMARTS) is 1. The van der Waals surface area contributed by atoms with E-state index in [0.717, 1.165) is 34.9 Å². The molecule has 2 rings (SSSR count). The van der Waals surface area contributed by atoms with E-state index in [9.17, 15) is 4.79 Å². The van der Waals surface area contributed by atoms with Crippen molar-refractivity contribution in [1.82, 2.24) is 10.3 Å². The minimum absolute atomic E-state index is 0.463. The molecular weight excluding hydrogens is 272 g/mol. The number of carboxylic acids is 1. The van der Waals surface area contributed by atoms with Gasteiger partial charge in [-0.15, -0.1) is 11.3 Å². The van der Waals surface area contributed by atoms with E-state index in [2.05, 4.69) is 10.3 Å². The van der Waals surface area contributed by atoms with Crippen molar-refractivity contribution < 1.29 is 9.90 Å². The summed E-state index contributed by atoms with van der Waals surface area (Å²) < 4.78 is 0. The normalized spacial score (nSPS) is 12.3. The Labute approximate surface area is 122 Å². The van der Waals surface area contributed by atoms with Crippen molar-refractivity contribution in [2.75, 3.05) is 0 Å². The molecule has 0 aliphatic rings. The first-order valence-corrected chi connectivity index (χ1v) is 7.37. The number of thiazole rings is 1. The maximum Gasteiger partial charge on any atom is 0.310 e. The number of carbonyl (C=O) groups is 1. The van der Waals surface area contributed by atoms with Gasteiger partial charge < -0.3 is 10.4 Å². The van der Waals surface area contributed by atoms with Crippen LogP contribution >= 0.6 is 11.3 Å². The lowest BCUT2D eigenvalue weighted by Gasteiger charge is -2.08. The maximum atomic E-state index is 10.9. The van der Waals surface area contributed by atoms with Crippen molar-refractivity contribution in [2.24, 2.45) is 0 Å². The Morgan fingerprint density at radius 2 is 2.05 bits per heavy atom. The SMILES string of the molecule is Cc1csc(CNCc2ccc(C(C)C(=O)O)cc2)n1. The zero-order valence-corrected chi connectivity index (χ0v) is 12.4. The number of nitrogens with zero attached hydrogens (tertiary/aromatic N) is 1. The zero-order chi connectivity index (χ0) is 14.5. The van der Waals surface area contributed by atoms with E-state index in [1.165, 1.54) is 0 Å². The summed E-state index contributed by atoms with van der Waals surface area (Å²) in [7, 11) is 0. The molecule has 1 aromatic carbocycles. The highest BCUT2D eigenvalue weighted by atomic mass is 32.1. The molecule has 1 unspecified atom stereocenters. The predicted molar refractivity (Wildman–Crippen MR) is 79.9 cm³/mol. The van der Waals surface area contributed by atoms with Crippen LogP contribution in [-0.4, -0.2) is 16.1 Å². The molecule has 0 aliphatic carbocycles. The summed E-state index contributed by atoms with van der Waals surface area (Å²) in [6, 6.07) is 7.69. The monoisotopic (exact) mass is 290 g/mol. The van der Waals surface area contributed by atoms with Crippen LogP contribution in [0, 0.1) is 6.92 Å². The number of hydrogen-bond donors (Lipinski definition) is 2. The van der Waals surface area contributed by atoms with Gasteiger partial charge in [-0.2, -0.15) is 0 Å². The number of aryl methyl sites for hydroxylation is 1. The minimum atomic E-state index is -0.796. The summed E-state index contributed by atoms with van der Waals surface area (Å²) >= 11 is 1.66. The van der Waals surface area contributed by atoms with Gasteiger partial charge in [0.1, 0.15) is 5.01 Å². The molecule has 0 saturated carbocycles. The Morgan fingerprint density at radius 3 is 2.60 bits per heavy atom. The van der Waals surface area contributed by atoms with Crippen LogP contribution in [0.4, 0.5) is 0 Å². The van der Waals surface area contributed by atoms with Crippen LogP contribution < -0.4 is 5.32 Å². The van der Waals surface area contributed by atoms with Crippen LogP contribution in [-0.2, 0) is 17.9 Å². The van der Waals surface area contributed by atoms with Gasteiger partial charge in [0, 0.05) is 24.2 Å². The molecule has 0 spiro atoms. The molecular formula is C15H18N2O2S. The Kier molecular flexibility index (Phi) is 4.87. The van der Waals surface area contributed by atoms with Crippen LogP contribution in [0.15, 0.2) is 29.6 Å². The summed E-state index contributed by atoms with van der Waals surface area (Å²) in [5, 5.41) is 15.4. The lowest BCUT2D eigenvalue weighted by atomic mass is 10.0. The van der Waals surface area contributed by atoms with Gasteiger partial charge in [-0.1, -0.05) is 24.3 Å². The molecule has 20 heavy (non-hydrogen) atoms. The Bertz CT molecular complexity index is 578. The van der Waals surface area contributed by atoms with Crippen molar-refractivity contribution in [3.63, 3.8) is 0 Å². The van der Waals surface area contributed by atoms with Crippen LogP contribution in [0.25, 0.3) is 0 Å². The van der Waals surface area contributed by atoms with E-state index in [1.807, 2.05) is 36.6 Å². The van der Waals surface area contributed by atoms with Gasteiger partial charge in [0.25, 0.3) is 0 Å². The first-order valence-electron chi connectivity index (χ1n) is 6.49. The minimum Gasteiger partial charge on any atom is -0.481 e. The van der Waals surface area contributed by atoms with Crippen molar-refractivity contribution >= 4 is 17.3 Å². The van der Waals surface area contributed by atoms with Crippen LogP contribution in [0.5, 0.6) is 0 Å². The van der Waals surface area contributed by atoms with Gasteiger partial charge in [-0.3, -0.25) is 4.79 Å². The van der Waals surface area contributed by atoms with E-state index in [1.54, 1.807) is 18.3 Å². The van der Waals surface area contributed by atoms with Gasteiger partial charge in [0.2, 0.25) is 0 Å². The molecule has 0 fully saturated rings. The Hall–Kier alpha value is -1.72. The number of nitrogens with one attached hydrogen (secondary N) is 1. The third-order valence-corrected chi connectivity index (χ3v) is 4.09. The van der Waals surface area contributed by atoms with Gasteiger partial charge >= 0.3 is 5.97 Å². The van der Waals surface area contributed by atoms with E-state index < -0.39 is 11.9 Å². The standard InChI is InChI=1S/C15H18N2O2S/c1-10-9-20-14(17-10)8-16-7-12-3-5-13(6-4-12)11(2)15(18)19/h3-6,9,11,16H,7-8H2,1-2H3,(H,18,19). The molecule has 0 radical (unpaired) electrons. The van der Waals surface area contributed by atoms with Crippen molar-refractivity contribution in [3.05, 3.63) is 51.5 Å². The Balaban J connectivity index is 1.86. The Morgan fingerprint density at radius 1 is 1.35 bits per heavy atom. The summed E-state index contributed by atoms with van der Waals surface area (Å²) in [5.74, 6) is -1.26. The molecule has 2 N–H and O–H groups in total. The quantitative estimate of drug-likeness (QED) is 0.858. The molecule has 5 heteroatoms. The summed E-state index contributed by atoms with van der Waals surface area (Å²) in [5.41, 5.74) is 3.02. The van der Waals surface area contributed by atoms with Gasteiger partial charge in [-0.25, -0.2) is 4.98 Å². The predicted octanol–water partition coefficient (Wildman–Crippen LogP) is 2.93. The second-order valence-corrected chi connectivity index (χ2v) is 5.73. The molecule has 0 bridgehead atoms. The fourth-order valence-corrected chi connectivity index (χ4v) is 2.61. The maximum absolute atomic E-state index is 10.9. The molecule has 4 nitrogen and oxygen atoms in total. The van der Waals surface area contributed by atoms with Crippen LogP contribution in [0.3, 0.4) is 0 Å². The fourth-order valence-electron chi connectivity index (χ4n) is 1.86. The smallest absolute Gasteiger partial charge is 0.310 e. The number of benzene rings is 1. The average molecular weight is 290 g/mol. The van der Waals surface area contributed by atoms with Crippen molar-refractivity contribution in [2.45, 2.75) is 32.9 Å². The second-order valence-electron chi connectivity index (χ2n) is 4.79. The first-order chi connectivity index (χ1) is 9.56. The summed E-state index contributed by atoms with van der Waals surface area (Å²) in [6.07, 6.45) is 0. The molecule has 1 heterocycles. The molecule has 0 saturated heterocycles. The highest BCUT2D eigenvalue weighted by Crippen LogP contribution is 2.16. The van der Waals surface area contributed by atoms with E-state index >= 15 is 0 Å². The highest BCUT2D eigenvalue weighted by molar-refractivity contribution is 7.09. The lowest BCUT2D eigenvalue weighted by molar-refractivity contribution is -0.138. The zero-order valence-electron chi connectivity index (χ0n) is 11.6. The first kappa shape index (κ1) is 14.7. The topological polar surface area (TPSA) is 62.2 Å². The van der Waals surface area contributed by atoms with Crippen LogP contribution in [0.2, 0.25) is 0 Å². The third-order valence-electron chi connectivity index (χ3n) is 3.12. The average Bonchev–Trinajstić information content (AvgIpc) is 2.84. The number of aliphatic carboxylic acids is 1. The molecule has 2 aromatic rings. The number of rotatable bonds is 6. The lowest BCUT2D eigenvalue weighted by Crippen LogP contribution is -2.13. The molecule has 1 aromatic heterocycles. The number of hydrogen-bond acceptors (Lipinski definition) is 4. The molecule has 0 amide bonds. The third kappa shape index (κ3) is 3.88. The van der Waals surface area contributed by atoms with E-state index in [4.69, 9.17) is 5.11 Å². The number of aromatic nitrogens is 1. The molecule has 0 aliphatic heterocycles. The van der Waals surface area contributed by atoms with E-state index in [0.29, 0.717) is 0 Å². The van der Waals surface area contributed by atoms with E-state index in [-0.39, 0.29) is 0 Å².